The van der Waals surface area contributed by atoms with Gasteiger partial charge in [-0.2, -0.15) is 10.2 Å². The Labute approximate surface area is 174 Å². The number of aliphatic imine (C=N–C) groups is 2. The molecule has 0 atom stereocenters. The van der Waals surface area contributed by atoms with Crippen LogP contribution in [0.25, 0.3) is 21.5 Å². The van der Waals surface area contributed by atoms with Gasteiger partial charge in [-0.05, 0) is 63.4 Å². The van der Waals surface area contributed by atoms with Crippen LogP contribution in [0.15, 0.2) is 68.7 Å². The van der Waals surface area contributed by atoms with E-state index in [1.54, 1.807) is 0 Å². The summed E-state index contributed by atoms with van der Waals surface area (Å²) in [6.45, 7) is 2.55. The minimum Gasteiger partial charge on any atom is -0.353 e. The monoisotopic (exact) mass is 397 g/mol. The van der Waals surface area contributed by atoms with Gasteiger partial charge >= 0.3 is 0 Å². The summed E-state index contributed by atoms with van der Waals surface area (Å²) >= 11 is 0. The second-order valence-corrected chi connectivity index (χ2v) is 7.39. The molecule has 3 N–H and O–H groups in total. The molecule has 150 valence electrons. The summed E-state index contributed by atoms with van der Waals surface area (Å²) < 4.78 is 0. The highest BCUT2D eigenvalue weighted by atomic mass is 15.4. The highest BCUT2D eigenvalue weighted by Gasteiger charge is 2.04. The third-order valence-electron chi connectivity index (χ3n) is 5.18. The molecule has 0 aliphatic carbocycles. The molecule has 5 rings (SSSR count). The van der Waals surface area contributed by atoms with Gasteiger partial charge in [0.05, 0.1) is 19.0 Å². The van der Waals surface area contributed by atoms with Crippen LogP contribution in [0.1, 0.15) is 24.0 Å². The molecule has 0 bridgehead atoms. The average molecular weight is 397 g/mol. The molecule has 0 radical (unpaired) electrons. The van der Waals surface area contributed by atoms with Crippen molar-refractivity contribution in [3.05, 3.63) is 59.7 Å². The van der Waals surface area contributed by atoms with Crippen LogP contribution in [0.5, 0.6) is 0 Å². The Morgan fingerprint density at radius 1 is 0.767 bits per heavy atom. The second-order valence-electron chi connectivity index (χ2n) is 7.39. The molecule has 0 saturated heterocycles. The first-order chi connectivity index (χ1) is 14.8. The maximum Gasteiger partial charge on any atom is 0.212 e. The predicted molar refractivity (Wildman–Crippen MR) is 125 cm³/mol. The number of amidine groups is 1. The number of hydrogen-bond donors (Lipinski definition) is 3. The number of rotatable bonds is 4. The van der Waals surface area contributed by atoms with E-state index in [0.717, 1.165) is 55.4 Å². The molecule has 2 aliphatic heterocycles. The summed E-state index contributed by atoms with van der Waals surface area (Å²) in [5.74, 6) is 1.69. The lowest BCUT2D eigenvalue weighted by Crippen LogP contribution is -2.30. The Balaban J connectivity index is 1.36. The molecule has 2 aliphatic rings. The molecule has 0 spiro atoms. The van der Waals surface area contributed by atoms with E-state index in [0.29, 0.717) is 0 Å². The van der Waals surface area contributed by atoms with Crippen LogP contribution in [0, 0.1) is 0 Å². The lowest BCUT2D eigenvalue weighted by atomic mass is 10.0. The summed E-state index contributed by atoms with van der Waals surface area (Å²) in [6.07, 6.45) is 5.74. The first-order valence-electron chi connectivity index (χ1n) is 10.2. The van der Waals surface area contributed by atoms with Gasteiger partial charge < -0.3 is 5.32 Å². The molecule has 7 heteroatoms. The molecule has 0 fully saturated rings. The van der Waals surface area contributed by atoms with Gasteiger partial charge in [0.15, 0.2) is 0 Å². The molecule has 7 nitrogen and oxygen atoms in total. The summed E-state index contributed by atoms with van der Waals surface area (Å²) in [4.78, 5) is 8.63. The Morgan fingerprint density at radius 2 is 1.47 bits per heavy atom. The van der Waals surface area contributed by atoms with E-state index in [9.17, 15) is 0 Å². The Hall–Kier alpha value is -3.74. The number of nitrogens with zero attached hydrogens (tertiary/aromatic N) is 4. The number of nitrogens with one attached hydrogen (secondary N) is 3. The number of guanidine groups is 1. The van der Waals surface area contributed by atoms with E-state index in [-0.39, 0.29) is 0 Å². The molecule has 0 amide bonds. The minimum absolute atomic E-state index is 0.724. The zero-order chi connectivity index (χ0) is 20.2. The Morgan fingerprint density at radius 3 is 2.10 bits per heavy atom. The molecule has 0 unspecified atom stereocenters. The molecule has 0 saturated carbocycles. The van der Waals surface area contributed by atoms with Crippen LogP contribution < -0.4 is 16.2 Å². The van der Waals surface area contributed by atoms with Crippen LogP contribution >= 0.6 is 0 Å². The number of fused-ring (bicyclic) bond motifs is 2. The first kappa shape index (κ1) is 18.3. The highest BCUT2D eigenvalue weighted by molar-refractivity contribution is 6.02. The summed E-state index contributed by atoms with van der Waals surface area (Å²) in [6, 6.07) is 17.1. The van der Waals surface area contributed by atoms with Gasteiger partial charge in [0.2, 0.25) is 5.96 Å². The van der Waals surface area contributed by atoms with Gasteiger partial charge in [-0.3, -0.25) is 10.4 Å². The zero-order valence-electron chi connectivity index (χ0n) is 16.6. The second kappa shape index (κ2) is 8.32. The van der Waals surface area contributed by atoms with Crippen LogP contribution in [0.4, 0.5) is 0 Å². The van der Waals surface area contributed by atoms with Crippen molar-refractivity contribution in [1.29, 1.82) is 0 Å². The van der Waals surface area contributed by atoms with Gasteiger partial charge in [0, 0.05) is 19.5 Å². The summed E-state index contributed by atoms with van der Waals surface area (Å²) in [5, 5.41) is 16.5. The smallest absolute Gasteiger partial charge is 0.212 e. The fourth-order valence-electron chi connectivity index (χ4n) is 3.65. The van der Waals surface area contributed by atoms with Crippen molar-refractivity contribution in [2.24, 2.45) is 20.2 Å². The fraction of sp³-hybridized carbons (Fsp3) is 0.217. The molecular weight excluding hydrogens is 374 g/mol. The third kappa shape index (κ3) is 4.15. The van der Waals surface area contributed by atoms with Gasteiger partial charge in [-0.15, -0.1) is 0 Å². The standard InChI is InChI=1S/C23H23N7/c1-2-22(24-7-1)29-27-14-16-3-5-18-12-19-6-4-17(11-21(19)13-20(18)10-16)15-28-30-23-25-8-9-26-23/h3-6,10-15H,1-2,7-9H2,(H,24,29)(H2,25,26,30)/b27-14-,28-15-. The first-order valence-corrected chi connectivity index (χ1v) is 10.2. The highest BCUT2D eigenvalue weighted by Crippen LogP contribution is 2.24. The normalized spacial score (nSPS) is 16.4. The quantitative estimate of drug-likeness (QED) is 0.359. The van der Waals surface area contributed by atoms with E-state index in [1.807, 2.05) is 12.4 Å². The van der Waals surface area contributed by atoms with E-state index < -0.39 is 0 Å². The van der Waals surface area contributed by atoms with Crippen LogP contribution in [-0.4, -0.2) is 43.9 Å². The Kier molecular flexibility index (Phi) is 5.08. The van der Waals surface area contributed by atoms with E-state index >= 15 is 0 Å². The van der Waals surface area contributed by atoms with Crippen molar-refractivity contribution in [2.75, 3.05) is 19.6 Å². The van der Waals surface area contributed by atoms with E-state index in [1.165, 1.54) is 21.5 Å². The maximum atomic E-state index is 4.37. The van der Waals surface area contributed by atoms with Gasteiger partial charge in [0.25, 0.3) is 0 Å². The topological polar surface area (TPSA) is 85.5 Å². The average Bonchev–Trinajstić information content (AvgIpc) is 3.47. The predicted octanol–water partition coefficient (Wildman–Crippen LogP) is 2.99. The van der Waals surface area contributed by atoms with Gasteiger partial charge in [-0.25, -0.2) is 10.4 Å². The van der Waals surface area contributed by atoms with Crippen molar-refractivity contribution in [1.82, 2.24) is 16.2 Å². The molecule has 0 aromatic heterocycles. The van der Waals surface area contributed by atoms with Crippen LogP contribution in [0.3, 0.4) is 0 Å². The number of hydrazone groups is 2. The largest absolute Gasteiger partial charge is 0.353 e. The lowest BCUT2D eigenvalue weighted by molar-refractivity contribution is 0.920. The molecule has 3 aromatic rings. The van der Waals surface area contributed by atoms with Crippen molar-refractivity contribution in [3.63, 3.8) is 0 Å². The Bertz CT molecular complexity index is 1120. The van der Waals surface area contributed by atoms with Crippen LogP contribution in [-0.2, 0) is 0 Å². The van der Waals surface area contributed by atoms with Crippen molar-refractivity contribution >= 4 is 45.8 Å². The molecular formula is C23H23N7. The molecule has 2 heterocycles. The summed E-state index contributed by atoms with van der Waals surface area (Å²) in [5.41, 5.74) is 8.07. The lowest BCUT2D eigenvalue weighted by Gasteiger charge is -2.05. The SMILES string of the molecule is C(=N/NC1=NCCC1)/c1ccc2cc3ccc(/C=N\NC4=NCCN4)cc3cc2c1. The van der Waals surface area contributed by atoms with E-state index in [2.05, 4.69) is 84.9 Å². The fourth-order valence-corrected chi connectivity index (χ4v) is 3.65. The van der Waals surface area contributed by atoms with Crippen molar-refractivity contribution in [2.45, 2.75) is 12.8 Å². The molecule has 30 heavy (non-hydrogen) atoms. The van der Waals surface area contributed by atoms with Crippen LogP contribution in [0.2, 0.25) is 0 Å². The maximum absolute atomic E-state index is 4.37. The number of hydrogen-bond acceptors (Lipinski definition) is 7. The third-order valence-corrected chi connectivity index (χ3v) is 5.18. The van der Waals surface area contributed by atoms with Gasteiger partial charge in [0.1, 0.15) is 5.84 Å². The minimum atomic E-state index is 0.724. The van der Waals surface area contributed by atoms with Gasteiger partial charge in [-0.1, -0.05) is 24.3 Å². The van der Waals surface area contributed by atoms with Crippen molar-refractivity contribution in [3.8, 4) is 0 Å². The zero-order valence-corrected chi connectivity index (χ0v) is 16.6. The molecule has 3 aromatic carbocycles. The van der Waals surface area contributed by atoms with E-state index in [4.69, 9.17) is 0 Å². The van der Waals surface area contributed by atoms with Crippen molar-refractivity contribution < 1.29 is 0 Å². The number of benzene rings is 3. The summed E-state index contributed by atoms with van der Waals surface area (Å²) in [7, 11) is 0.